The third-order valence-electron chi connectivity index (χ3n) is 5.72. The Morgan fingerprint density at radius 3 is 2.50 bits per heavy atom. The molecule has 1 aliphatic heterocycles. The predicted molar refractivity (Wildman–Crippen MR) is 137 cm³/mol. The van der Waals surface area contributed by atoms with E-state index in [0.717, 1.165) is 8.95 Å². The maximum absolute atomic E-state index is 13.7. The van der Waals surface area contributed by atoms with Crippen LogP contribution < -0.4 is 19.8 Å². The number of hydrogen-bond acceptors (Lipinski definition) is 5. The van der Waals surface area contributed by atoms with Crippen LogP contribution in [0.2, 0.25) is 0 Å². The number of hydrogen-bond donors (Lipinski definition) is 0. The second-order valence-corrected chi connectivity index (χ2v) is 9.55. The second kappa shape index (κ2) is 8.92. The highest BCUT2D eigenvalue weighted by Crippen LogP contribution is 2.43. The average Bonchev–Trinajstić information content (AvgIpc) is 3.12. The zero-order valence-corrected chi connectivity index (χ0v) is 21.5. The van der Waals surface area contributed by atoms with Crippen molar-refractivity contribution in [2.45, 2.75) is 13.0 Å². The van der Waals surface area contributed by atoms with Crippen molar-refractivity contribution < 1.29 is 18.7 Å². The zero-order chi connectivity index (χ0) is 24.0. The lowest BCUT2D eigenvalue weighted by molar-refractivity contribution is 0.0971. The van der Waals surface area contributed by atoms with Crippen molar-refractivity contribution in [2.75, 3.05) is 18.6 Å². The lowest BCUT2D eigenvalue weighted by Crippen LogP contribution is -2.29. The molecule has 0 fully saturated rings. The van der Waals surface area contributed by atoms with E-state index in [2.05, 4.69) is 31.9 Å². The molecule has 1 amide bonds. The van der Waals surface area contributed by atoms with E-state index in [9.17, 15) is 9.59 Å². The van der Waals surface area contributed by atoms with Crippen molar-refractivity contribution in [3.63, 3.8) is 0 Å². The maximum Gasteiger partial charge on any atom is 0.295 e. The van der Waals surface area contributed by atoms with Crippen LogP contribution in [0.15, 0.2) is 78.8 Å². The minimum absolute atomic E-state index is 0.0395. The second-order valence-electron chi connectivity index (χ2n) is 7.72. The number of methoxy groups -OCH3 is 1. The smallest absolute Gasteiger partial charge is 0.295 e. The molecule has 0 radical (unpaired) electrons. The highest BCUT2D eigenvalue weighted by Gasteiger charge is 2.44. The van der Waals surface area contributed by atoms with Gasteiger partial charge < -0.3 is 13.9 Å². The summed E-state index contributed by atoms with van der Waals surface area (Å²) in [7, 11) is 1.56. The number of carbonyl (C=O) groups is 1. The van der Waals surface area contributed by atoms with Crippen LogP contribution in [0.5, 0.6) is 11.5 Å². The lowest BCUT2D eigenvalue weighted by atomic mass is 9.97. The number of rotatable bonds is 5. The first kappa shape index (κ1) is 22.7. The number of halogens is 2. The summed E-state index contributed by atoms with van der Waals surface area (Å²) < 4.78 is 18.8. The lowest BCUT2D eigenvalue weighted by Gasteiger charge is -2.26. The van der Waals surface area contributed by atoms with Gasteiger partial charge in [-0.25, -0.2) is 0 Å². The maximum atomic E-state index is 13.7. The van der Waals surface area contributed by atoms with Gasteiger partial charge in [-0.1, -0.05) is 44.0 Å². The van der Waals surface area contributed by atoms with Gasteiger partial charge in [0, 0.05) is 14.6 Å². The summed E-state index contributed by atoms with van der Waals surface area (Å²) in [5.41, 5.74) is 1.74. The number of amides is 1. The van der Waals surface area contributed by atoms with Gasteiger partial charge >= 0.3 is 0 Å². The predicted octanol–water partition coefficient (Wildman–Crippen LogP) is 6.48. The van der Waals surface area contributed by atoms with E-state index in [1.165, 1.54) is 0 Å². The summed E-state index contributed by atoms with van der Waals surface area (Å²) >= 11 is 6.91. The molecule has 5 rings (SSSR count). The number of anilines is 1. The molecule has 0 N–H and O–H groups in total. The molecule has 0 spiro atoms. The van der Waals surface area contributed by atoms with Gasteiger partial charge in [0.2, 0.25) is 5.76 Å². The fourth-order valence-corrected chi connectivity index (χ4v) is 5.03. The van der Waals surface area contributed by atoms with Crippen LogP contribution in [0.25, 0.3) is 11.0 Å². The Morgan fingerprint density at radius 2 is 1.76 bits per heavy atom. The van der Waals surface area contributed by atoms with Crippen LogP contribution in [0, 0.1) is 0 Å². The van der Waals surface area contributed by atoms with E-state index in [0.29, 0.717) is 45.9 Å². The molecule has 0 bridgehead atoms. The van der Waals surface area contributed by atoms with E-state index in [-0.39, 0.29) is 17.1 Å². The largest absolute Gasteiger partial charge is 0.493 e. The SMILES string of the molecule is CCOc1ccc(C2c3c(oc4ccc(Br)cc4c3=O)C(=O)N2c2cccc(Br)c2)cc1OC. The number of ether oxygens (including phenoxy) is 2. The molecule has 6 nitrogen and oxygen atoms in total. The van der Waals surface area contributed by atoms with Crippen molar-refractivity contribution >= 4 is 54.4 Å². The van der Waals surface area contributed by atoms with Crippen LogP contribution in [-0.4, -0.2) is 19.6 Å². The van der Waals surface area contributed by atoms with Gasteiger partial charge in [-0.15, -0.1) is 0 Å². The van der Waals surface area contributed by atoms with Gasteiger partial charge in [0.1, 0.15) is 5.58 Å². The van der Waals surface area contributed by atoms with Gasteiger partial charge in [-0.05, 0) is 61.0 Å². The van der Waals surface area contributed by atoms with Crippen LogP contribution in [0.1, 0.15) is 34.6 Å². The van der Waals surface area contributed by atoms with Crippen molar-refractivity contribution in [1.82, 2.24) is 0 Å². The van der Waals surface area contributed by atoms with Gasteiger partial charge in [-0.3, -0.25) is 14.5 Å². The monoisotopic (exact) mass is 583 g/mol. The molecule has 1 aromatic heterocycles. The minimum Gasteiger partial charge on any atom is -0.493 e. The van der Waals surface area contributed by atoms with Gasteiger partial charge in [0.25, 0.3) is 5.91 Å². The van der Waals surface area contributed by atoms with Crippen LogP contribution in [0.4, 0.5) is 5.69 Å². The van der Waals surface area contributed by atoms with E-state index in [1.807, 2.05) is 37.3 Å². The normalized spacial score (nSPS) is 15.0. The summed E-state index contributed by atoms with van der Waals surface area (Å²) in [6.45, 7) is 2.37. The van der Waals surface area contributed by atoms with E-state index >= 15 is 0 Å². The highest BCUT2D eigenvalue weighted by molar-refractivity contribution is 9.10. The Morgan fingerprint density at radius 1 is 0.971 bits per heavy atom. The molecule has 3 aromatic carbocycles. The molecule has 0 aliphatic carbocycles. The first-order valence-electron chi connectivity index (χ1n) is 10.6. The summed E-state index contributed by atoms with van der Waals surface area (Å²) in [5.74, 6) is 0.759. The number of carbonyl (C=O) groups excluding carboxylic acids is 1. The van der Waals surface area contributed by atoms with Crippen molar-refractivity contribution in [3.8, 4) is 11.5 Å². The van der Waals surface area contributed by atoms with Crippen LogP contribution in [0.3, 0.4) is 0 Å². The number of nitrogens with zero attached hydrogens (tertiary/aromatic N) is 1. The molecule has 4 aromatic rings. The standard InChI is InChI=1S/C26H19Br2NO5/c1-3-33-20-9-7-14(11-21(20)32-2)23-22-24(30)18-13-16(28)8-10-19(18)34-25(22)26(31)29(23)17-6-4-5-15(27)12-17/h4-13,23H,3H2,1-2H3. The Labute approximate surface area is 212 Å². The highest BCUT2D eigenvalue weighted by atomic mass is 79.9. The van der Waals surface area contributed by atoms with Gasteiger partial charge in [0.05, 0.1) is 30.7 Å². The molecule has 0 saturated carbocycles. The fraction of sp³-hybridized carbons (Fsp3) is 0.154. The van der Waals surface area contributed by atoms with E-state index in [1.54, 1.807) is 42.3 Å². The molecule has 34 heavy (non-hydrogen) atoms. The van der Waals surface area contributed by atoms with E-state index < -0.39 is 6.04 Å². The summed E-state index contributed by atoms with van der Waals surface area (Å²) in [4.78, 5) is 29.0. The Hall–Kier alpha value is -3.10. The van der Waals surface area contributed by atoms with Gasteiger partial charge in [-0.2, -0.15) is 0 Å². The molecule has 1 aliphatic rings. The van der Waals surface area contributed by atoms with Crippen molar-refractivity contribution in [1.29, 1.82) is 0 Å². The average molecular weight is 585 g/mol. The summed E-state index contributed by atoms with van der Waals surface area (Å²) in [6, 6.07) is 17.3. The van der Waals surface area contributed by atoms with E-state index in [4.69, 9.17) is 13.9 Å². The van der Waals surface area contributed by atoms with Crippen molar-refractivity contribution in [2.24, 2.45) is 0 Å². The van der Waals surface area contributed by atoms with Crippen molar-refractivity contribution in [3.05, 3.63) is 96.7 Å². The summed E-state index contributed by atoms with van der Waals surface area (Å²) in [6.07, 6.45) is 0. The topological polar surface area (TPSA) is 69.0 Å². The van der Waals surface area contributed by atoms with Gasteiger partial charge in [0.15, 0.2) is 16.9 Å². The Kier molecular flexibility index (Phi) is 5.95. The Bertz CT molecular complexity index is 1500. The third kappa shape index (κ3) is 3.71. The quantitative estimate of drug-likeness (QED) is 0.269. The molecule has 172 valence electrons. The van der Waals surface area contributed by atoms with Crippen LogP contribution >= 0.6 is 31.9 Å². The molecule has 8 heteroatoms. The zero-order valence-electron chi connectivity index (χ0n) is 18.3. The fourth-order valence-electron chi connectivity index (χ4n) is 4.28. The number of fused-ring (bicyclic) bond motifs is 2. The molecular formula is C26H19Br2NO5. The molecule has 1 unspecified atom stereocenters. The first-order chi connectivity index (χ1) is 16.4. The Balaban J connectivity index is 1.80. The minimum atomic E-state index is -0.707. The molecule has 2 heterocycles. The third-order valence-corrected chi connectivity index (χ3v) is 6.71. The molecular weight excluding hydrogens is 566 g/mol. The summed E-state index contributed by atoms with van der Waals surface area (Å²) in [5, 5.41) is 0.403. The molecule has 0 saturated heterocycles. The molecule has 1 atom stereocenters. The van der Waals surface area contributed by atoms with Crippen LogP contribution in [-0.2, 0) is 0 Å². The first-order valence-corrected chi connectivity index (χ1v) is 12.2. The number of benzene rings is 3.